The summed E-state index contributed by atoms with van der Waals surface area (Å²) in [5.74, 6) is 0. The third kappa shape index (κ3) is 2.44. The molecule has 0 radical (unpaired) electrons. The molecule has 0 spiro atoms. The number of hydrogen-bond acceptors (Lipinski definition) is 2. The Hall–Kier alpha value is -0.630. The van der Waals surface area contributed by atoms with E-state index in [2.05, 4.69) is 29.6 Å². The predicted molar refractivity (Wildman–Crippen MR) is 63.5 cm³/mol. The molecule has 1 aromatic rings. The van der Waals surface area contributed by atoms with Gasteiger partial charge in [-0.1, -0.05) is 19.3 Å². The Morgan fingerprint density at radius 1 is 1.36 bits per heavy atom. The fraction of sp³-hybridized carbons (Fsp3) is 0.583. The van der Waals surface area contributed by atoms with E-state index >= 15 is 0 Å². The number of aliphatic imine (C=N–C) groups is 1. The van der Waals surface area contributed by atoms with Crippen LogP contribution in [0.2, 0.25) is 0 Å². The standard InChI is InChI=1S/C12H17NS/c1-10-7-8-14-12(10)9-13-11-5-3-2-4-6-11/h7-9,11H,2-6H2,1H3. The van der Waals surface area contributed by atoms with Crippen LogP contribution in [0.15, 0.2) is 16.4 Å². The lowest BCUT2D eigenvalue weighted by Crippen LogP contribution is -2.09. The molecule has 76 valence electrons. The zero-order valence-corrected chi connectivity index (χ0v) is 9.52. The van der Waals surface area contributed by atoms with Crippen LogP contribution in [0.4, 0.5) is 0 Å². The molecule has 0 aliphatic heterocycles. The highest BCUT2D eigenvalue weighted by Gasteiger charge is 2.10. The molecule has 0 unspecified atom stereocenters. The summed E-state index contributed by atoms with van der Waals surface area (Å²) in [6, 6.07) is 2.76. The fourth-order valence-electron chi connectivity index (χ4n) is 1.92. The topological polar surface area (TPSA) is 12.4 Å². The average Bonchev–Trinajstić information content (AvgIpc) is 2.63. The Labute approximate surface area is 89.9 Å². The first kappa shape index (κ1) is 9.91. The van der Waals surface area contributed by atoms with Gasteiger partial charge in [-0.3, -0.25) is 4.99 Å². The van der Waals surface area contributed by atoms with Crippen LogP contribution < -0.4 is 0 Å². The Bertz CT molecular complexity index is 308. The van der Waals surface area contributed by atoms with E-state index in [1.807, 2.05) is 0 Å². The van der Waals surface area contributed by atoms with Crippen molar-refractivity contribution in [1.82, 2.24) is 0 Å². The van der Waals surface area contributed by atoms with Gasteiger partial charge in [0.1, 0.15) is 0 Å². The van der Waals surface area contributed by atoms with Crippen molar-refractivity contribution in [2.24, 2.45) is 4.99 Å². The maximum absolute atomic E-state index is 4.67. The number of rotatable bonds is 2. The van der Waals surface area contributed by atoms with Crippen LogP contribution in [0.5, 0.6) is 0 Å². The van der Waals surface area contributed by atoms with Crippen LogP contribution in [0.3, 0.4) is 0 Å². The Balaban J connectivity index is 1.95. The molecule has 2 heteroatoms. The normalized spacial score (nSPS) is 19.2. The minimum atomic E-state index is 0.602. The average molecular weight is 207 g/mol. The summed E-state index contributed by atoms with van der Waals surface area (Å²) >= 11 is 1.79. The summed E-state index contributed by atoms with van der Waals surface area (Å²) in [6.45, 7) is 2.15. The van der Waals surface area contributed by atoms with Gasteiger partial charge in [0.15, 0.2) is 0 Å². The molecule has 0 amide bonds. The van der Waals surface area contributed by atoms with E-state index in [0.717, 1.165) is 0 Å². The quantitative estimate of drug-likeness (QED) is 0.654. The first-order valence-corrected chi connectivity index (χ1v) is 6.31. The molecular formula is C12H17NS. The summed E-state index contributed by atoms with van der Waals surface area (Å²) in [5.41, 5.74) is 1.36. The fourth-order valence-corrected chi connectivity index (χ4v) is 2.71. The minimum absolute atomic E-state index is 0.602. The predicted octanol–water partition coefficient (Wildman–Crippen LogP) is 3.81. The lowest BCUT2D eigenvalue weighted by Gasteiger charge is -2.16. The maximum atomic E-state index is 4.67. The summed E-state index contributed by atoms with van der Waals surface area (Å²) in [4.78, 5) is 6.00. The summed E-state index contributed by atoms with van der Waals surface area (Å²) in [6.07, 6.45) is 8.80. The highest BCUT2D eigenvalue weighted by atomic mass is 32.1. The van der Waals surface area contributed by atoms with Gasteiger partial charge in [0.25, 0.3) is 0 Å². The molecule has 1 nitrogen and oxygen atoms in total. The molecule has 2 rings (SSSR count). The molecule has 1 aliphatic rings. The highest BCUT2D eigenvalue weighted by Crippen LogP contribution is 2.21. The smallest absolute Gasteiger partial charge is 0.0500 e. The lowest BCUT2D eigenvalue weighted by atomic mass is 9.96. The van der Waals surface area contributed by atoms with E-state index in [-0.39, 0.29) is 0 Å². The second-order valence-electron chi connectivity index (χ2n) is 4.04. The van der Waals surface area contributed by atoms with Crippen molar-refractivity contribution in [2.75, 3.05) is 0 Å². The largest absolute Gasteiger partial charge is 0.288 e. The Morgan fingerprint density at radius 3 is 2.79 bits per heavy atom. The molecule has 0 N–H and O–H groups in total. The lowest BCUT2D eigenvalue weighted by molar-refractivity contribution is 0.444. The van der Waals surface area contributed by atoms with Crippen molar-refractivity contribution < 1.29 is 0 Å². The summed E-state index contributed by atoms with van der Waals surface area (Å²) < 4.78 is 0. The van der Waals surface area contributed by atoms with Crippen molar-refractivity contribution in [2.45, 2.75) is 45.1 Å². The monoisotopic (exact) mass is 207 g/mol. The molecule has 0 bridgehead atoms. The molecule has 1 heterocycles. The van der Waals surface area contributed by atoms with Crippen LogP contribution in [-0.2, 0) is 0 Å². The minimum Gasteiger partial charge on any atom is -0.288 e. The van der Waals surface area contributed by atoms with Crippen LogP contribution in [0.1, 0.15) is 42.5 Å². The van der Waals surface area contributed by atoms with Crippen molar-refractivity contribution in [1.29, 1.82) is 0 Å². The maximum Gasteiger partial charge on any atom is 0.0500 e. The molecule has 0 aromatic carbocycles. The summed E-state index contributed by atoms with van der Waals surface area (Å²) in [7, 11) is 0. The van der Waals surface area contributed by atoms with Gasteiger partial charge < -0.3 is 0 Å². The van der Waals surface area contributed by atoms with Gasteiger partial charge in [-0.15, -0.1) is 11.3 Å². The second-order valence-corrected chi connectivity index (χ2v) is 4.99. The number of thiophene rings is 1. The number of nitrogens with zero attached hydrogens (tertiary/aromatic N) is 1. The first-order chi connectivity index (χ1) is 6.86. The molecule has 1 aliphatic carbocycles. The van der Waals surface area contributed by atoms with Crippen LogP contribution in [0.25, 0.3) is 0 Å². The van der Waals surface area contributed by atoms with Crippen molar-refractivity contribution >= 4 is 17.6 Å². The number of hydrogen-bond donors (Lipinski definition) is 0. The molecule has 1 aromatic heterocycles. The van der Waals surface area contributed by atoms with Gasteiger partial charge in [0.2, 0.25) is 0 Å². The van der Waals surface area contributed by atoms with Crippen LogP contribution >= 0.6 is 11.3 Å². The molecule has 1 fully saturated rings. The molecule has 0 saturated heterocycles. The van der Waals surface area contributed by atoms with Gasteiger partial charge in [-0.25, -0.2) is 0 Å². The molecule has 1 saturated carbocycles. The third-order valence-electron chi connectivity index (χ3n) is 2.88. The van der Waals surface area contributed by atoms with E-state index in [0.29, 0.717) is 6.04 Å². The first-order valence-electron chi connectivity index (χ1n) is 5.43. The third-order valence-corrected chi connectivity index (χ3v) is 3.83. The zero-order valence-electron chi connectivity index (χ0n) is 8.70. The van der Waals surface area contributed by atoms with E-state index in [1.54, 1.807) is 11.3 Å². The van der Waals surface area contributed by atoms with Crippen molar-refractivity contribution in [3.05, 3.63) is 21.9 Å². The van der Waals surface area contributed by atoms with Gasteiger partial charge in [-0.05, 0) is 36.8 Å². The van der Waals surface area contributed by atoms with E-state index in [9.17, 15) is 0 Å². The van der Waals surface area contributed by atoms with E-state index in [1.165, 1.54) is 42.5 Å². The van der Waals surface area contributed by atoms with E-state index in [4.69, 9.17) is 0 Å². The molecule has 14 heavy (non-hydrogen) atoms. The number of aryl methyl sites for hydroxylation is 1. The van der Waals surface area contributed by atoms with Crippen molar-refractivity contribution in [3.8, 4) is 0 Å². The highest BCUT2D eigenvalue weighted by molar-refractivity contribution is 7.11. The van der Waals surface area contributed by atoms with Crippen molar-refractivity contribution in [3.63, 3.8) is 0 Å². The van der Waals surface area contributed by atoms with Gasteiger partial charge >= 0.3 is 0 Å². The SMILES string of the molecule is Cc1ccsc1C=NC1CCCCC1. The Morgan fingerprint density at radius 2 is 2.14 bits per heavy atom. The zero-order chi connectivity index (χ0) is 9.80. The molecular weight excluding hydrogens is 190 g/mol. The Kier molecular flexibility index (Phi) is 3.35. The summed E-state index contributed by atoms with van der Waals surface area (Å²) in [5, 5.41) is 2.14. The van der Waals surface area contributed by atoms with Gasteiger partial charge in [-0.2, -0.15) is 0 Å². The van der Waals surface area contributed by atoms with Gasteiger partial charge in [0.05, 0.1) is 0 Å². The van der Waals surface area contributed by atoms with E-state index < -0.39 is 0 Å². The van der Waals surface area contributed by atoms with Crippen LogP contribution in [-0.4, -0.2) is 12.3 Å². The molecule has 0 atom stereocenters. The second kappa shape index (κ2) is 4.74. The van der Waals surface area contributed by atoms with Gasteiger partial charge in [0, 0.05) is 17.1 Å². The van der Waals surface area contributed by atoms with Crippen LogP contribution in [0, 0.1) is 6.92 Å².